The molecule has 7 N–H and O–H groups in total. The number of hydrogen-bond donors (Lipinski definition) is 7. The average molecular weight is 551 g/mol. The zero-order chi connectivity index (χ0) is 28.4. The molecule has 2 aromatic carbocycles. The molecule has 0 aliphatic carbocycles. The van der Waals surface area contributed by atoms with Crippen LogP contribution in [0.2, 0.25) is 0 Å². The molecule has 2 heterocycles. The first-order valence-electron chi connectivity index (χ1n) is 12.6. The Balaban J connectivity index is 1.46. The highest BCUT2D eigenvalue weighted by atomic mass is 16.8. The summed E-state index contributed by atoms with van der Waals surface area (Å²) in [5.74, 6) is -0.474. The smallest absolute Gasteiger partial charge is 0.229 e. The van der Waals surface area contributed by atoms with Crippen molar-refractivity contribution in [2.24, 2.45) is 0 Å². The summed E-state index contributed by atoms with van der Waals surface area (Å²) in [6.07, 6.45) is -13.1. The van der Waals surface area contributed by atoms with E-state index in [1.807, 2.05) is 0 Å². The van der Waals surface area contributed by atoms with Crippen molar-refractivity contribution in [2.45, 2.75) is 88.1 Å². The molecule has 10 atom stereocenters. The van der Waals surface area contributed by atoms with E-state index in [-0.39, 0.29) is 35.0 Å². The number of ether oxygens (including phenoxy) is 4. The van der Waals surface area contributed by atoms with E-state index in [1.165, 1.54) is 44.2 Å². The molecular formula is C27H34O12. The van der Waals surface area contributed by atoms with Crippen LogP contribution in [0.1, 0.15) is 36.2 Å². The van der Waals surface area contributed by atoms with Crippen molar-refractivity contribution in [1.29, 1.82) is 0 Å². The van der Waals surface area contributed by atoms with E-state index in [9.17, 15) is 40.5 Å². The quantitative estimate of drug-likeness (QED) is 0.217. The van der Waals surface area contributed by atoms with E-state index in [2.05, 4.69) is 0 Å². The maximum Gasteiger partial charge on any atom is 0.229 e. The van der Waals surface area contributed by atoms with E-state index in [0.717, 1.165) is 5.56 Å². The number of carbonyl (C=O) groups excluding carboxylic acids is 1. The zero-order valence-corrected chi connectivity index (χ0v) is 21.4. The SMILES string of the molecule is C[C@@H]1O[C@@H](O[C@@H]2[C@@H](Oc3ccc(C(=O)CCc4ccc(O)cc4)c(O)c3)O[C@@H](C)[C@H](O)[C@H]2O)[C@H](O)[C@H](O)[C@H]1O. The molecule has 12 heteroatoms. The number of aromatic hydroxyl groups is 2. The number of phenolic OH excluding ortho intramolecular Hbond substituents is 2. The van der Waals surface area contributed by atoms with Crippen LogP contribution in [0.25, 0.3) is 0 Å². The fourth-order valence-corrected chi connectivity index (χ4v) is 4.53. The number of aliphatic hydroxyl groups is 5. The highest BCUT2D eigenvalue weighted by Crippen LogP contribution is 2.32. The van der Waals surface area contributed by atoms with Crippen LogP contribution in [0.3, 0.4) is 0 Å². The van der Waals surface area contributed by atoms with Crippen LogP contribution >= 0.6 is 0 Å². The van der Waals surface area contributed by atoms with Crippen molar-refractivity contribution in [3.8, 4) is 17.2 Å². The number of ketones is 1. The van der Waals surface area contributed by atoms with Gasteiger partial charge in [-0.15, -0.1) is 0 Å². The third-order valence-corrected chi connectivity index (χ3v) is 6.98. The van der Waals surface area contributed by atoms with Crippen LogP contribution in [-0.2, 0) is 20.6 Å². The topological polar surface area (TPSA) is 196 Å². The summed E-state index contributed by atoms with van der Waals surface area (Å²) in [4.78, 5) is 12.7. The molecule has 0 saturated carbocycles. The second-order valence-electron chi connectivity index (χ2n) is 9.86. The minimum absolute atomic E-state index is 0.0610. The number of rotatable bonds is 8. The van der Waals surface area contributed by atoms with Crippen LogP contribution in [0.4, 0.5) is 0 Å². The third-order valence-electron chi connectivity index (χ3n) is 6.98. The van der Waals surface area contributed by atoms with Crippen LogP contribution in [-0.4, -0.2) is 103 Å². The summed E-state index contributed by atoms with van der Waals surface area (Å²) in [5.41, 5.74) is 0.919. The Kier molecular flexibility index (Phi) is 9.09. The predicted octanol–water partition coefficient (Wildman–Crippen LogP) is -0.0286. The maximum atomic E-state index is 12.7. The fourth-order valence-electron chi connectivity index (χ4n) is 4.53. The molecule has 0 aromatic heterocycles. The summed E-state index contributed by atoms with van der Waals surface area (Å²) in [7, 11) is 0. The molecule has 2 aliphatic heterocycles. The minimum Gasteiger partial charge on any atom is -0.508 e. The monoisotopic (exact) mass is 550 g/mol. The van der Waals surface area contributed by atoms with Crippen LogP contribution in [0.15, 0.2) is 42.5 Å². The van der Waals surface area contributed by atoms with Crippen molar-refractivity contribution in [2.75, 3.05) is 0 Å². The first-order chi connectivity index (χ1) is 18.5. The number of aliphatic hydroxyl groups excluding tert-OH is 5. The number of phenols is 2. The lowest BCUT2D eigenvalue weighted by atomic mass is 9.98. The predicted molar refractivity (Wildman–Crippen MR) is 133 cm³/mol. The number of carbonyl (C=O) groups is 1. The normalized spacial score (nSPS) is 34.9. The summed E-state index contributed by atoms with van der Waals surface area (Å²) in [6.45, 7) is 2.97. The molecule has 2 fully saturated rings. The molecule has 4 rings (SSSR count). The van der Waals surface area contributed by atoms with Crippen molar-refractivity contribution in [3.63, 3.8) is 0 Å². The summed E-state index contributed by atoms with van der Waals surface area (Å²) in [6, 6.07) is 10.5. The Bertz CT molecular complexity index is 1120. The van der Waals surface area contributed by atoms with Gasteiger partial charge >= 0.3 is 0 Å². The van der Waals surface area contributed by atoms with Crippen molar-refractivity contribution in [1.82, 2.24) is 0 Å². The first-order valence-corrected chi connectivity index (χ1v) is 12.6. The number of aryl methyl sites for hydroxylation is 1. The van der Waals surface area contributed by atoms with Gasteiger partial charge in [-0.05, 0) is 50.1 Å². The van der Waals surface area contributed by atoms with Gasteiger partial charge in [0.15, 0.2) is 18.2 Å². The van der Waals surface area contributed by atoms with Crippen molar-refractivity contribution >= 4 is 5.78 Å². The Morgan fingerprint density at radius 1 is 0.795 bits per heavy atom. The Morgan fingerprint density at radius 3 is 2.05 bits per heavy atom. The average Bonchev–Trinajstić information content (AvgIpc) is 2.90. The molecule has 2 aromatic rings. The van der Waals surface area contributed by atoms with Gasteiger partial charge in [0.1, 0.15) is 47.8 Å². The molecule has 0 bridgehead atoms. The van der Waals surface area contributed by atoms with Gasteiger partial charge in [-0.25, -0.2) is 0 Å². The van der Waals surface area contributed by atoms with Gasteiger partial charge in [0.25, 0.3) is 0 Å². The lowest BCUT2D eigenvalue weighted by Crippen LogP contribution is -2.63. The standard InChI is InChI=1S/C27H34O12/c1-12-20(31)22(33)24(35)26(36-12)39-25-23(34)21(32)13(2)37-27(25)38-16-8-9-17(19(30)11-16)18(29)10-5-14-3-6-15(28)7-4-14/h3-4,6-9,11-13,20-28,30-35H,5,10H2,1-2H3/t12-,13-,20-,21-,22+,23+,24+,25-,26-,27+/m0/s1. The lowest BCUT2D eigenvalue weighted by molar-refractivity contribution is -0.352. The van der Waals surface area contributed by atoms with Crippen molar-refractivity contribution < 1.29 is 59.5 Å². The van der Waals surface area contributed by atoms with Gasteiger partial charge in [0.2, 0.25) is 6.29 Å². The molecule has 0 radical (unpaired) electrons. The van der Waals surface area contributed by atoms with E-state index in [1.54, 1.807) is 12.1 Å². The van der Waals surface area contributed by atoms with Gasteiger partial charge in [-0.1, -0.05) is 12.1 Å². The van der Waals surface area contributed by atoms with E-state index in [0.29, 0.717) is 6.42 Å². The molecule has 2 aliphatic rings. The van der Waals surface area contributed by atoms with Gasteiger partial charge in [-0.3, -0.25) is 4.79 Å². The van der Waals surface area contributed by atoms with Gasteiger partial charge in [0.05, 0.1) is 17.8 Å². The van der Waals surface area contributed by atoms with Crippen LogP contribution < -0.4 is 4.74 Å². The van der Waals surface area contributed by atoms with Gasteiger partial charge in [0, 0.05) is 12.5 Å². The molecule has 2 saturated heterocycles. The Hall–Kier alpha value is -2.81. The molecule has 0 unspecified atom stereocenters. The highest BCUT2D eigenvalue weighted by molar-refractivity contribution is 5.98. The van der Waals surface area contributed by atoms with Crippen LogP contribution in [0.5, 0.6) is 17.2 Å². The van der Waals surface area contributed by atoms with Crippen molar-refractivity contribution in [3.05, 3.63) is 53.6 Å². The second-order valence-corrected chi connectivity index (χ2v) is 9.86. The summed E-state index contributed by atoms with van der Waals surface area (Å²) >= 11 is 0. The van der Waals surface area contributed by atoms with E-state index >= 15 is 0 Å². The van der Waals surface area contributed by atoms with Crippen LogP contribution in [0, 0.1) is 0 Å². The Morgan fingerprint density at radius 2 is 1.41 bits per heavy atom. The third kappa shape index (κ3) is 6.51. The van der Waals surface area contributed by atoms with Gasteiger partial charge < -0.3 is 54.7 Å². The molecule has 214 valence electrons. The molecular weight excluding hydrogens is 516 g/mol. The lowest BCUT2D eigenvalue weighted by Gasteiger charge is -2.45. The number of hydrogen-bond acceptors (Lipinski definition) is 12. The first kappa shape index (κ1) is 29.2. The fraction of sp³-hybridized carbons (Fsp3) is 0.519. The highest BCUT2D eigenvalue weighted by Gasteiger charge is 2.50. The summed E-state index contributed by atoms with van der Waals surface area (Å²) < 4.78 is 22.6. The second kappa shape index (κ2) is 12.1. The zero-order valence-electron chi connectivity index (χ0n) is 21.4. The number of Topliss-reactive ketones (excluding diaryl/α,β-unsaturated/α-hetero) is 1. The molecule has 0 amide bonds. The Labute approximate surface area is 224 Å². The maximum absolute atomic E-state index is 12.7. The number of benzene rings is 2. The van der Waals surface area contributed by atoms with E-state index < -0.39 is 61.4 Å². The molecule has 39 heavy (non-hydrogen) atoms. The summed E-state index contributed by atoms with van der Waals surface area (Å²) in [5, 5.41) is 71.3. The largest absolute Gasteiger partial charge is 0.508 e. The van der Waals surface area contributed by atoms with E-state index in [4.69, 9.17) is 18.9 Å². The molecule has 12 nitrogen and oxygen atoms in total. The van der Waals surface area contributed by atoms with Gasteiger partial charge in [-0.2, -0.15) is 0 Å². The molecule has 0 spiro atoms. The minimum atomic E-state index is -1.67.